The van der Waals surface area contributed by atoms with Crippen molar-refractivity contribution in [3.8, 4) is 0 Å². The van der Waals surface area contributed by atoms with Crippen molar-refractivity contribution in [3.63, 3.8) is 0 Å². The Bertz CT molecular complexity index is 656. The number of β-lactam (4-membered cyclic amide) rings is 1. The van der Waals surface area contributed by atoms with Gasteiger partial charge in [0.2, 0.25) is 11.8 Å². The van der Waals surface area contributed by atoms with Crippen molar-refractivity contribution in [2.45, 2.75) is 19.3 Å². The summed E-state index contributed by atoms with van der Waals surface area (Å²) in [5.74, 6) is -0.530. The lowest BCUT2D eigenvalue weighted by Crippen LogP contribution is -2.48. The molecule has 7 nitrogen and oxygen atoms in total. The van der Waals surface area contributed by atoms with Crippen LogP contribution in [0.15, 0.2) is 42.2 Å². The van der Waals surface area contributed by atoms with E-state index in [9.17, 15) is 14.4 Å². The fourth-order valence-corrected chi connectivity index (χ4v) is 2.33. The van der Waals surface area contributed by atoms with E-state index in [1.165, 1.54) is 6.08 Å². The molecule has 3 rings (SSSR count). The number of nitrogens with one attached hydrogen (secondary N) is 1. The summed E-state index contributed by atoms with van der Waals surface area (Å²) in [6.07, 6.45) is 1.37. The van der Waals surface area contributed by atoms with Crippen molar-refractivity contribution in [2.24, 2.45) is 0 Å². The first-order chi connectivity index (χ1) is 11.1. The molecule has 2 aliphatic rings. The normalized spacial score (nSPS) is 20.5. The van der Waals surface area contributed by atoms with Gasteiger partial charge in [-0.25, -0.2) is 0 Å². The standard InChI is InChI=1S/C16H16N2O5/c19-13(6-12-9-18-14(20)7-15(18)23-12)17-8-16(21)22-10-11-4-2-1-3-5-11/h1-6,15H,7-10H2,(H,17,19)/b12-6+. The Hall–Kier alpha value is -2.83. The molecule has 1 aromatic rings. The second-order valence-electron chi connectivity index (χ2n) is 5.27. The maximum atomic E-state index is 11.7. The Morgan fingerprint density at radius 1 is 1.35 bits per heavy atom. The SMILES string of the molecule is O=C(/C=C1\CN2C(=O)CC2O1)NCC(=O)OCc1ccccc1. The molecule has 2 fully saturated rings. The van der Waals surface area contributed by atoms with Crippen molar-refractivity contribution < 1.29 is 23.9 Å². The molecular weight excluding hydrogens is 300 g/mol. The number of carbonyl (C=O) groups is 3. The van der Waals surface area contributed by atoms with Crippen LogP contribution in [0.5, 0.6) is 0 Å². The zero-order valence-electron chi connectivity index (χ0n) is 12.4. The number of benzene rings is 1. The highest BCUT2D eigenvalue weighted by Crippen LogP contribution is 2.30. The first kappa shape index (κ1) is 15.1. The average Bonchev–Trinajstić information content (AvgIpc) is 2.88. The lowest BCUT2D eigenvalue weighted by molar-refractivity contribution is -0.154. The lowest BCUT2D eigenvalue weighted by Gasteiger charge is -2.30. The fourth-order valence-electron chi connectivity index (χ4n) is 2.33. The predicted octanol–water partition coefficient (Wildman–Crippen LogP) is 0.319. The summed E-state index contributed by atoms with van der Waals surface area (Å²) in [7, 11) is 0. The molecule has 1 atom stereocenters. The van der Waals surface area contributed by atoms with E-state index in [-0.39, 0.29) is 25.3 Å². The van der Waals surface area contributed by atoms with Gasteiger partial charge in [-0.1, -0.05) is 30.3 Å². The molecule has 2 saturated heterocycles. The van der Waals surface area contributed by atoms with Gasteiger partial charge >= 0.3 is 5.97 Å². The maximum Gasteiger partial charge on any atom is 0.325 e. The van der Waals surface area contributed by atoms with Crippen LogP contribution >= 0.6 is 0 Å². The van der Waals surface area contributed by atoms with Crippen LogP contribution in [0.4, 0.5) is 0 Å². The van der Waals surface area contributed by atoms with Gasteiger partial charge in [0.15, 0.2) is 6.23 Å². The van der Waals surface area contributed by atoms with Crippen LogP contribution in [0.2, 0.25) is 0 Å². The van der Waals surface area contributed by atoms with E-state index in [0.717, 1.165) is 5.56 Å². The van der Waals surface area contributed by atoms with E-state index < -0.39 is 11.9 Å². The van der Waals surface area contributed by atoms with E-state index >= 15 is 0 Å². The summed E-state index contributed by atoms with van der Waals surface area (Å²) in [5, 5.41) is 2.43. The van der Waals surface area contributed by atoms with Gasteiger partial charge in [0.1, 0.15) is 18.9 Å². The minimum atomic E-state index is -0.521. The Morgan fingerprint density at radius 2 is 2.13 bits per heavy atom. The van der Waals surface area contributed by atoms with Crippen molar-refractivity contribution in [3.05, 3.63) is 47.7 Å². The highest BCUT2D eigenvalue weighted by atomic mass is 16.5. The summed E-state index contributed by atoms with van der Waals surface area (Å²) < 4.78 is 10.5. The van der Waals surface area contributed by atoms with E-state index in [1.54, 1.807) is 4.90 Å². The molecule has 0 aromatic heterocycles. The number of amides is 2. The number of hydrogen-bond donors (Lipinski definition) is 1. The molecule has 0 bridgehead atoms. The van der Waals surface area contributed by atoms with Gasteiger partial charge in [-0.15, -0.1) is 0 Å². The number of rotatable bonds is 5. The molecule has 2 aliphatic heterocycles. The van der Waals surface area contributed by atoms with Crippen LogP contribution in [0, 0.1) is 0 Å². The molecule has 2 amide bonds. The van der Waals surface area contributed by atoms with Crippen LogP contribution in [0.1, 0.15) is 12.0 Å². The predicted molar refractivity (Wildman–Crippen MR) is 78.5 cm³/mol. The third kappa shape index (κ3) is 3.68. The Labute approximate surface area is 132 Å². The zero-order chi connectivity index (χ0) is 16.2. The second-order valence-corrected chi connectivity index (χ2v) is 5.27. The van der Waals surface area contributed by atoms with Gasteiger partial charge < -0.3 is 14.8 Å². The number of fused-ring (bicyclic) bond motifs is 1. The minimum Gasteiger partial charge on any atom is -0.472 e. The summed E-state index contributed by atoms with van der Waals surface area (Å²) in [6, 6.07) is 9.27. The molecule has 2 heterocycles. The lowest BCUT2D eigenvalue weighted by atomic mass is 10.2. The molecule has 0 saturated carbocycles. The minimum absolute atomic E-state index is 0.0169. The van der Waals surface area contributed by atoms with Gasteiger partial charge in [-0.3, -0.25) is 19.3 Å². The molecule has 23 heavy (non-hydrogen) atoms. The van der Waals surface area contributed by atoms with Crippen molar-refractivity contribution in [2.75, 3.05) is 13.1 Å². The highest BCUT2D eigenvalue weighted by Gasteiger charge is 2.43. The van der Waals surface area contributed by atoms with E-state index in [4.69, 9.17) is 9.47 Å². The number of hydrogen-bond acceptors (Lipinski definition) is 5. The van der Waals surface area contributed by atoms with Gasteiger partial charge in [0, 0.05) is 6.08 Å². The maximum absolute atomic E-state index is 11.7. The van der Waals surface area contributed by atoms with Gasteiger partial charge in [0.25, 0.3) is 0 Å². The van der Waals surface area contributed by atoms with E-state index in [0.29, 0.717) is 18.7 Å². The van der Waals surface area contributed by atoms with Crippen LogP contribution in [-0.4, -0.2) is 42.0 Å². The molecule has 7 heteroatoms. The topological polar surface area (TPSA) is 84.9 Å². The quantitative estimate of drug-likeness (QED) is 0.480. The van der Waals surface area contributed by atoms with Crippen molar-refractivity contribution in [1.29, 1.82) is 0 Å². The summed E-state index contributed by atoms with van der Waals surface area (Å²) in [6.45, 7) is 0.245. The number of carbonyl (C=O) groups excluding carboxylic acids is 3. The summed E-state index contributed by atoms with van der Waals surface area (Å²) in [4.78, 5) is 36.0. The second kappa shape index (κ2) is 6.51. The third-order valence-electron chi connectivity index (χ3n) is 3.57. The smallest absolute Gasteiger partial charge is 0.325 e. The van der Waals surface area contributed by atoms with Crippen LogP contribution in [0.3, 0.4) is 0 Å². The third-order valence-corrected chi connectivity index (χ3v) is 3.57. The number of nitrogens with zero attached hydrogens (tertiary/aromatic N) is 1. The number of ether oxygens (including phenoxy) is 2. The van der Waals surface area contributed by atoms with Gasteiger partial charge in [-0.05, 0) is 5.56 Å². The summed E-state index contributed by atoms with van der Waals surface area (Å²) in [5.41, 5.74) is 0.878. The Kier molecular flexibility index (Phi) is 4.27. The van der Waals surface area contributed by atoms with Crippen LogP contribution in [-0.2, 0) is 30.5 Å². The molecule has 0 aliphatic carbocycles. The van der Waals surface area contributed by atoms with Crippen molar-refractivity contribution in [1.82, 2.24) is 10.2 Å². The molecule has 1 aromatic carbocycles. The molecular formula is C16H16N2O5. The Morgan fingerprint density at radius 3 is 2.83 bits per heavy atom. The Balaban J connectivity index is 1.39. The number of esters is 1. The largest absolute Gasteiger partial charge is 0.472 e. The molecule has 0 spiro atoms. The van der Waals surface area contributed by atoms with Gasteiger partial charge in [-0.2, -0.15) is 0 Å². The molecule has 0 radical (unpaired) electrons. The van der Waals surface area contributed by atoms with Crippen molar-refractivity contribution >= 4 is 17.8 Å². The van der Waals surface area contributed by atoms with Crippen LogP contribution < -0.4 is 5.32 Å². The monoisotopic (exact) mass is 316 g/mol. The molecule has 1 N–H and O–H groups in total. The van der Waals surface area contributed by atoms with Crippen LogP contribution in [0.25, 0.3) is 0 Å². The highest BCUT2D eigenvalue weighted by molar-refractivity contribution is 5.91. The zero-order valence-corrected chi connectivity index (χ0v) is 12.4. The first-order valence-electron chi connectivity index (χ1n) is 7.26. The summed E-state index contributed by atoms with van der Waals surface area (Å²) >= 11 is 0. The first-order valence-corrected chi connectivity index (χ1v) is 7.26. The van der Waals surface area contributed by atoms with E-state index in [2.05, 4.69) is 5.32 Å². The van der Waals surface area contributed by atoms with Gasteiger partial charge in [0.05, 0.1) is 13.0 Å². The average molecular weight is 316 g/mol. The molecule has 1 unspecified atom stereocenters. The molecule has 120 valence electrons. The fraction of sp³-hybridized carbons (Fsp3) is 0.312. The van der Waals surface area contributed by atoms with E-state index in [1.807, 2.05) is 30.3 Å².